The smallest absolute Gasteiger partial charge is 0.308 e. The van der Waals surface area contributed by atoms with E-state index < -0.39 is 6.29 Å². The highest BCUT2D eigenvalue weighted by Gasteiger charge is 2.20. The van der Waals surface area contributed by atoms with Crippen molar-refractivity contribution in [3.05, 3.63) is 0 Å². The molecule has 0 spiro atoms. The van der Waals surface area contributed by atoms with Crippen molar-refractivity contribution in [2.75, 3.05) is 32.8 Å². The lowest BCUT2D eigenvalue weighted by Gasteiger charge is -2.23. The zero-order valence-corrected chi connectivity index (χ0v) is 36.9. The number of carbonyl (C=O) groups is 1. The minimum absolute atomic E-state index is 0.0527. The lowest BCUT2D eigenvalue weighted by Crippen LogP contribution is -2.27. The molecule has 0 fully saturated rings. The summed E-state index contributed by atoms with van der Waals surface area (Å²) >= 11 is 0. The Kier molecular flexibility index (Phi) is 42.0. The number of esters is 1. The van der Waals surface area contributed by atoms with E-state index in [1.807, 2.05) is 0 Å². The number of nitriles is 1. The number of aliphatic hydroxyl groups is 1. The molecule has 0 aromatic rings. The molecular formula is C48H94N2O4. The van der Waals surface area contributed by atoms with Crippen LogP contribution in [0.2, 0.25) is 0 Å². The number of carbonyl (C=O) groups excluding carboxylic acids is 1. The predicted molar refractivity (Wildman–Crippen MR) is 232 cm³/mol. The van der Waals surface area contributed by atoms with Crippen molar-refractivity contribution in [3.63, 3.8) is 0 Å². The number of nitrogens with zero attached hydrogens (tertiary/aromatic N) is 2. The maximum Gasteiger partial charge on any atom is 0.308 e. The summed E-state index contributed by atoms with van der Waals surface area (Å²) in [6.45, 7) is 13.4. The van der Waals surface area contributed by atoms with E-state index in [1.54, 1.807) is 0 Å². The SMILES string of the molecule is CCCCCCCCC(CCCCCC)C(=O)OCCCCCCN(CCCC#N)CCCCCCOC(O)C(CCCCCC)CCCCCCCC. The van der Waals surface area contributed by atoms with Gasteiger partial charge in [-0.1, -0.05) is 182 Å². The van der Waals surface area contributed by atoms with Crippen molar-refractivity contribution in [1.82, 2.24) is 4.90 Å². The Hall–Kier alpha value is -1.16. The average molecular weight is 763 g/mol. The van der Waals surface area contributed by atoms with Crippen molar-refractivity contribution in [3.8, 4) is 6.07 Å². The van der Waals surface area contributed by atoms with Crippen LogP contribution in [-0.4, -0.2) is 55.1 Å². The number of hydrogen-bond acceptors (Lipinski definition) is 6. The van der Waals surface area contributed by atoms with Crippen molar-refractivity contribution in [1.29, 1.82) is 5.26 Å². The Bertz CT molecular complexity index is 802. The van der Waals surface area contributed by atoms with E-state index in [2.05, 4.69) is 38.7 Å². The molecule has 3 unspecified atom stereocenters. The molecule has 0 aliphatic carbocycles. The first-order chi connectivity index (χ1) is 26.5. The summed E-state index contributed by atoms with van der Waals surface area (Å²) in [6, 6.07) is 2.31. The fourth-order valence-corrected chi connectivity index (χ4v) is 7.75. The van der Waals surface area contributed by atoms with E-state index in [-0.39, 0.29) is 17.8 Å². The molecule has 0 saturated heterocycles. The summed E-state index contributed by atoms with van der Waals surface area (Å²) in [7, 11) is 0. The van der Waals surface area contributed by atoms with Gasteiger partial charge in [0.15, 0.2) is 6.29 Å². The Morgan fingerprint density at radius 3 is 1.41 bits per heavy atom. The van der Waals surface area contributed by atoms with Crippen LogP contribution in [-0.2, 0) is 14.3 Å². The first-order valence-corrected chi connectivity index (χ1v) is 24.1. The maximum absolute atomic E-state index is 13.0. The molecule has 0 aromatic carbocycles. The third kappa shape index (κ3) is 35.3. The monoisotopic (exact) mass is 763 g/mol. The van der Waals surface area contributed by atoms with Gasteiger partial charge >= 0.3 is 5.97 Å². The van der Waals surface area contributed by atoms with Crippen LogP contribution in [0.3, 0.4) is 0 Å². The molecule has 3 atom stereocenters. The first kappa shape index (κ1) is 52.8. The second kappa shape index (κ2) is 43.0. The topological polar surface area (TPSA) is 82.8 Å². The highest BCUT2D eigenvalue weighted by Crippen LogP contribution is 2.24. The molecule has 0 saturated carbocycles. The fourth-order valence-electron chi connectivity index (χ4n) is 7.75. The predicted octanol–water partition coefficient (Wildman–Crippen LogP) is 14.3. The quantitative estimate of drug-likeness (QED) is 0.0378. The zero-order valence-electron chi connectivity index (χ0n) is 36.9. The summed E-state index contributed by atoms with van der Waals surface area (Å²) in [5.74, 6) is 0.422. The summed E-state index contributed by atoms with van der Waals surface area (Å²) in [4.78, 5) is 15.5. The van der Waals surface area contributed by atoms with E-state index in [9.17, 15) is 9.90 Å². The van der Waals surface area contributed by atoms with E-state index >= 15 is 0 Å². The minimum Gasteiger partial charge on any atom is -0.465 e. The molecule has 54 heavy (non-hydrogen) atoms. The summed E-state index contributed by atoms with van der Waals surface area (Å²) in [5.41, 5.74) is 0. The molecule has 0 aliphatic rings. The highest BCUT2D eigenvalue weighted by atomic mass is 16.6. The van der Waals surface area contributed by atoms with Crippen molar-refractivity contribution in [2.45, 2.75) is 252 Å². The normalized spacial score (nSPS) is 13.3. The number of rotatable bonds is 44. The molecule has 1 N–H and O–H groups in total. The van der Waals surface area contributed by atoms with Crippen LogP contribution in [0.5, 0.6) is 0 Å². The Morgan fingerprint density at radius 1 is 0.519 bits per heavy atom. The van der Waals surface area contributed by atoms with Gasteiger partial charge < -0.3 is 19.5 Å². The number of aliphatic hydroxyl groups excluding tert-OH is 1. The van der Waals surface area contributed by atoms with Gasteiger partial charge in [0.2, 0.25) is 0 Å². The van der Waals surface area contributed by atoms with Crippen LogP contribution in [0.4, 0.5) is 0 Å². The van der Waals surface area contributed by atoms with Gasteiger partial charge in [0, 0.05) is 18.9 Å². The average Bonchev–Trinajstić information content (AvgIpc) is 3.17. The lowest BCUT2D eigenvalue weighted by atomic mass is 9.93. The molecule has 0 radical (unpaired) electrons. The Morgan fingerprint density at radius 2 is 0.907 bits per heavy atom. The Labute approximate surface area is 337 Å². The molecule has 320 valence electrons. The third-order valence-electron chi connectivity index (χ3n) is 11.4. The molecule has 6 heteroatoms. The van der Waals surface area contributed by atoms with Gasteiger partial charge in [-0.05, 0) is 77.4 Å². The van der Waals surface area contributed by atoms with E-state index in [1.165, 1.54) is 128 Å². The van der Waals surface area contributed by atoms with Gasteiger partial charge in [0.25, 0.3) is 0 Å². The van der Waals surface area contributed by atoms with Crippen molar-refractivity contribution >= 4 is 5.97 Å². The van der Waals surface area contributed by atoms with Crippen molar-refractivity contribution in [2.24, 2.45) is 11.8 Å². The largest absolute Gasteiger partial charge is 0.465 e. The van der Waals surface area contributed by atoms with Crippen LogP contribution >= 0.6 is 0 Å². The molecule has 0 amide bonds. The van der Waals surface area contributed by atoms with Gasteiger partial charge in [0.05, 0.1) is 18.6 Å². The summed E-state index contributed by atoms with van der Waals surface area (Å²) in [5, 5.41) is 20.0. The van der Waals surface area contributed by atoms with E-state index in [0.717, 1.165) is 103 Å². The van der Waals surface area contributed by atoms with Gasteiger partial charge in [-0.15, -0.1) is 0 Å². The van der Waals surface area contributed by atoms with Crippen LogP contribution in [0.1, 0.15) is 246 Å². The fraction of sp³-hybridized carbons (Fsp3) is 0.958. The lowest BCUT2D eigenvalue weighted by molar-refractivity contribution is -0.149. The minimum atomic E-state index is -0.614. The standard InChI is InChI=1S/C48H94N2O4/c1-5-9-13-17-19-27-37-45(35-25-15-11-7-3)47(51)53-43-33-23-21-30-40-50(42-32-29-39-49)41-31-22-24-34-44-54-48(52)46(36-26-16-12-8-4)38-28-20-18-14-10-6-2/h45-47,51H,5-38,40-44H2,1-4H3. The molecule has 0 aliphatic heterocycles. The second-order valence-electron chi connectivity index (χ2n) is 16.6. The molecule has 6 nitrogen and oxygen atoms in total. The van der Waals surface area contributed by atoms with Gasteiger partial charge in [-0.2, -0.15) is 5.26 Å². The third-order valence-corrected chi connectivity index (χ3v) is 11.4. The second-order valence-corrected chi connectivity index (χ2v) is 16.6. The maximum atomic E-state index is 13.0. The van der Waals surface area contributed by atoms with Gasteiger partial charge in [-0.25, -0.2) is 0 Å². The van der Waals surface area contributed by atoms with E-state index in [0.29, 0.717) is 19.6 Å². The van der Waals surface area contributed by atoms with Crippen LogP contribution in [0.15, 0.2) is 0 Å². The Balaban J connectivity index is 4.36. The molecule has 0 bridgehead atoms. The number of unbranched alkanes of at least 4 members (excludes halogenated alkanes) is 23. The van der Waals surface area contributed by atoms with Crippen LogP contribution in [0, 0.1) is 23.2 Å². The molecule has 0 heterocycles. The number of hydrogen-bond donors (Lipinski definition) is 1. The highest BCUT2D eigenvalue weighted by molar-refractivity contribution is 5.72. The zero-order chi connectivity index (χ0) is 39.6. The van der Waals surface area contributed by atoms with Crippen molar-refractivity contribution < 1.29 is 19.4 Å². The molecular weight excluding hydrogens is 669 g/mol. The summed E-state index contributed by atoms with van der Waals surface area (Å²) in [6.07, 6.45) is 39.2. The van der Waals surface area contributed by atoms with Gasteiger partial charge in [-0.3, -0.25) is 4.79 Å². The van der Waals surface area contributed by atoms with Gasteiger partial charge in [0.1, 0.15) is 0 Å². The van der Waals surface area contributed by atoms with Crippen LogP contribution in [0.25, 0.3) is 0 Å². The first-order valence-electron chi connectivity index (χ1n) is 24.1. The van der Waals surface area contributed by atoms with E-state index in [4.69, 9.17) is 14.7 Å². The molecule has 0 rings (SSSR count). The summed E-state index contributed by atoms with van der Waals surface area (Å²) < 4.78 is 11.8. The number of ether oxygens (including phenoxy) is 2. The van der Waals surface area contributed by atoms with Crippen LogP contribution < -0.4 is 0 Å². The molecule has 0 aromatic heterocycles.